The van der Waals surface area contributed by atoms with Crippen LogP contribution < -0.4 is 16.4 Å². The van der Waals surface area contributed by atoms with Gasteiger partial charge in [0.2, 0.25) is 0 Å². The molecule has 96 valence electrons. The molecule has 0 amide bonds. The van der Waals surface area contributed by atoms with Crippen molar-refractivity contribution in [2.45, 2.75) is 6.04 Å². The number of anilines is 2. The van der Waals surface area contributed by atoms with Gasteiger partial charge >= 0.3 is 0 Å². The first-order valence-corrected chi connectivity index (χ1v) is 7.42. The summed E-state index contributed by atoms with van der Waals surface area (Å²) in [4.78, 5) is 0. The molecule has 0 fully saturated rings. The smallest absolute Gasteiger partial charge is 0.173 e. The average molecular weight is 283 g/mol. The van der Waals surface area contributed by atoms with Crippen molar-refractivity contribution in [2.75, 3.05) is 16.8 Å². The molecular weight excluding hydrogens is 270 g/mol. The first-order valence-electron chi connectivity index (χ1n) is 5.29. The van der Waals surface area contributed by atoms with Gasteiger partial charge in [-0.15, -0.1) is 0 Å². The van der Waals surface area contributed by atoms with Crippen molar-refractivity contribution in [3.05, 3.63) is 35.7 Å². The van der Waals surface area contributed by atoms with Gasteiger partial charge in [-0.25, -0.2) is 8.42 Å². The van der Waals surface area contributed by atoms with Gasteiger partial charge in [-0.1, -0.05) is 12.1 Å². The maximum atomic E-state index is 11.2. The molecule has 18 heavy (non-hydrogen) atoms. The number of hydrogen-bond donors (Lipinski definition) is 3. The van der Waals surface area contributed by atoms with Crippen LogP contribution in [0, 0.1) is 0 Å². The molecule has 1 aliphatic rings. The lowest BCUT2D eigenvalue weighted by molar-refractivity contribution is 0.603. The van der Waals surface area contributed by atoms with Gasteiger partial charge in [0.25, 0.3) is 0 Å². The fourth-order valence-corrected chi connectivity index (χ4v) is 3.10. The molecule has 1 aliphatic heterocycles. The molecule has 4 N–H and O–H groups in total. The van der Waals surface area contributed by atoms with Gasteiger partial charge in [0.15, 0.2) is 14.9 Å². The molecule has 2 rings (SSSR count). The molecule has 1 heterocycles. The standard InChI is InChI=1S/C11H13N3O2S2/c12-9-3-1-2-4-10(9)14-11(17)13-8-5-6-18(15,16)7-8/h1-6,8H,7,12H2,(H2,13,14,17). The Morgan fingerprint density at radius 3 is 2.72 bits per heavy atom. The fraction of sp³-hybridized carbons (Fsp3) is 0.182. The SMILES string of the molecule is Nc1ccccc1NC(=S)NC1C=CS(=O)(=O)C1. The Balaban J connectivity index is 1.95. The van der Waals surface area contributed by atoms with E-state index < -0.39 is 9.84 Å². The monoisotopic (exact) mass is 283 g/mol. The number of benzene rings is 1. The van der Waals surface area contributed by atoms with E-state index in [9.17, 15) is 8.42 Å². The Bertz CT molecular complexity index is 596. The van der Waals surface area contributed by atoms with Crippen LogP contribution in [0.1, 0.15) is 0 Å². The zero-order chi connectivity index (χ0) is 13.2. The Morgan fingerprint density at radius 1 is 1.39 bits per heavy atom. The lowest BCUT2D eigenvalue weighted by Crippen LogP contribution is -2.38. The van der Waals surface area contributed by atoms with Crippen LogP contribution in [0.3, 0.4) is 0 Å². The molecule has 1 atom stereocenters. The number of rotatable bonds is 2. The van der Waals surface area contributed by atoms with Crippen LogP contribution in [-0.4, -0.2) is 25.3 Å². The molecule has 1 aromatic carbocycles. The normalized spacial score (nSPS) is 20.6. The zero-order valence-corrected chi connectivity index (χ0v) is 11.1. The lowest BCUT2D eigenvalue weighted by atomic mass is 10.3. The number of sulfone groups is 1. The summed E-state index contributed by atoms with van der Waals surface area (Å²) < 4.78 is 22.4. The van der Waals surface area contributed by atoms with Gasteiger partial charge in [-0.05, 0) is 30.4 Å². The van der Waals surface area contributed by atoms with Crippen molar-refractivity contribution in [1.29, 1.82) is 0 Å². The molecular formula is C11H13N3O2S2. The molecule has 1 unspecified atom stereocenters. The minimum absolute atomic E-state index is 0.0269. The van der Waals surface area contributed by atoms with E-state index in [1.807, 2.05) is 12.1 Å². The van der Waals surface area contributed by atoms with Crippen LogP contribution in [0.5, 0.6) is 0 Å². The third-order valence-corrected chi connectivity index (χ3v) is 4.07. The van der Waals surface area contributed by atoms with Crippen molar-refractivity contribution in [3.63, 3.8) is 0 Å². The van der Waals surface area contributed by atoms with Crippen LogP contribution in [-0.2, 0) is 9.84 Å². The van der Waals surface area contributed by atoms with E-state index in [4.69, 9.17) is 18.0 Å². The van der Waals surface area contributed by atoms with E-state index in [-0.39, 0.29) is 11.8 Å². The van der Waals surface area contributed by atoms with Crippen molar-refractivity contribution in [2.24, 2.45) is 0 Å². The maximum Gasteiger partial charge on any atom is 0.173 e. The Morgan fingerprint density at radius 2 is 2.11 bits per heavy atom. The lowest BCUT2D eigenvalue weighted by Gasteiger charge is -2.15. The minimum atomic E-state index is -3.08. The molecule has 1 aromatic rings. The van der Waals surface area contributed by atoms with Crippen LogP contribution in [0.4, 0.5) is 11.4 Å². The highest BCUT2D eigenvalue weighted by Crippen LogP contribution is 2.16. The summed E-state index contributed by atoms with van der Waals surface area (Å²) in [5.74, 6) is 0.0269. The fourth-order valence-electron chi connectivity index (χ4n) is 1.60. The number of nitrogens with one attached hydrogen (secondary N) is 2. The Kier molecular flexibility index (Phi) is 3.53. The highest BCUT2D eigenvalue weighted by Gasteiger charge is 2.21. The predicted octanol–water partition coefficient (Wildman–Crippen LogP) is 0.866. The second kappa shape index (κ2) is 4.95. The van der Waals surface area contributed by atoms with E-state index in [0.717, 1.165) is 0 Å². The van der Waals surface area contributed by atoms with Crippen LogP contribution in [0.2, 0.25) is 0 Å². The Labute approximate surface area is 111 Å². The third-order valence-electron chi connectivity index (χ3n) is 2.46. The molecule has 0 saturated carbocycles. The number of hydrogen-bond acceptors (Lipinski definition) is 4. The summed E-state index contributed by atoms with van der Waals surface area (Å²) in [5.41, 5.74) is 7.03. The quantitative estimate of drug-likeness (QED) is 0.551. The largest absolute Gasteiger partial charge is 0.397 e. The van der Waals surface area contributed by atoms with Crippen molar-refractivity contribution in [3.8, 4) is 0 Å². The van der Waals surface area contributed by atoms with Gasteiger partial charge in [-0.3, -0.25) is 0 Å². The van der Waals surface area contributed by atoms with Gasteiger partial charge in [0.05, 0.1) is 23.2 Å². The molecule has 0 aliphatic carbocycles. The number of nitrogen functional groups attached to an aromatic ring is 1. The molecule has 0 radical (unpaired) electrons. The summed E-state index contributed by atoms with van der Waals surface area (Å²) in [5, 5.41) is 7.39. The van der Waals surface area contributed by atoms with Gasteiger partial charge < -0.3 is 16.4 Å². The molecule has 0 bridgehead atoms. The molecule has 0 spiro atoms. The van der Waals surface area contributed by atoms with Crippen molar-refractivity contribution < 1.29 is 8.42 Å². The predicted molar refractivity (Wildman–Crippen MR) is 76.9 cm³/mol. The first kappa shape index (κ1) is 12.8. The second-order valence-electron chi connectivity index (χ2n) is 3.95. The highest BCUT2D eigenvalue weighted by atomic mass is 32.2. The van der Waals surface area contributed by atoms with Gasteiger partial charge in [0.1, 0.15) is 0 Å². The van der Waals surface area contributed by atoms with E-state index in [1.54, 1.807) is 18.2 Å². The number of nitrogens with two attached hydrogens (primary N) is 1. The maximum absolute atomic E-state index is 11.2. The van der Waals surface area contributed by atoms with Crippen LogP contribution >= 0.6 is 12.2 Å². The van der Waals surface area contributed by atoms with E-state index >= 15 is 0 Å². The molecule has 5 nitrogen and oxygen atoms in total. The van der Waals surface area contributed by atoms with Crippen LogP contribution in [0.25, 0.3) is 0 Å². The summed E-state index contributed by atoms with van der Waals surface area (Å²) >= 11 is 5.10. The first-order chi connectivity index (χ1) is 8.46. The number of para-hydroxylation sites is 2. The van der Waals surface area contributed by atoms with Crippen molar-refractivity contribution >= 4 is 38.5 Å². The van der Waals surface area contributed by atoms with E-state index in [2.05, 4.69) is 10.6 Å². The third kappa shape index (κ3) is 3.21. The summed E-state index contributed by atoms with van der Waals surface area (Å²) in [6.45, 7) is 0. The van der Waals surface area contributed by atoms with Gasteiger partial charge in [0, 0.05) is 5.41 Å². The minimum Gasteiger partial charge on any atom is -0.397 e. The van der Waals surface area contributed by atoms with E-state index in [1.165, 1.54) is 5.41 Å². The molecule has 7 heteroatoms. The number of thiocarbonyl (C=S) groups is 1. The Hall–Kier alpha value is -1.60. The second-order valence-corrected chi connectivity index (χ2v) is 6.29. The molecule has 0 saturated heterocycles. The van der Waals surface area contributed by atoms with Crippen molar-refractivity contribution in [1.82, 2.24) is 5.32 Å². The van der Waals surface area contributed by atoms with Crippen LogP contribution in [0.15, 0.2) is 35.7 Å². The van der Waals surface area contributed by atoms with E-state index in [0.29, 0.717) is 16.5 Å². The highest BCUT2D eigenvalue weighted by molar-refractivity contribution is 7.94. The van der Waals surface area contributed by atoms with Gasteiger partial charge in [-0.2, -0.15) is 0 Å². The summed E-state index contributed by atoms with van der Waals surface area (Å²) in [6, 6.07) is 6.92. The summed E-state index contributed by atoms with van der Waals surface area (Å²) in [6.07, 6.45) is 1.58. The zero-order valence-electron chi connectivity index (χ0n) is 9.46. The summed E-state index contributed by atoms with van der Waals surface area (Å²) in [7, 11) is -3.08. The molecule has 0 aromatic heterocycles. The average Bonchev–Trinajstić information content (AvgIpc) is 2.61. The topological polar surface area (TPSA) is 84.2 Å².